The van der Waals surface area contributed by atoms with Crippen molar-refractivity contribution in [1.82, 2.24) is 15.0 Å². The van der Waals surface area contributed by atoms with Gasteiger partial charge in [-0.25, -0.2) is 13.2 Å². The monoisotopic (exact) mass is 1240 g/mol. The standard InChI is InChI=1S/C58H33F5N2.C11H6F2N.Ir/c59-45-13-7-12-40(29-45)42-26-43(52-30-46(60)19-22-49(52)41-18-25-57(64-34-41)51-24-21-48(62)32-56(51)63)28-44(27-42)53-31-47(61)20-23-50(53)55-35-65-58(39-10-5-2-6-11-39)33-54(55)38-16-14-37(15-17-38)36-8-3-1-4-9-36;12-8-4-5-9(10(13)7-8)11-3-1-2-6-14-11;/h1-10,12-23,25-35H;1-4,6-7H;/q-2;-1;+3. The van der Waals surface area contributed by atoms with Crippen molar-refractivity contribution in [3.8, 4) is 112 Å². The van der Waals surface area contributed by atoms with Gasteiger partial charge in [0.05, 0.1) is 0 Å². The Morgan fingerprint density at radius 2 is 0.838 bits per heavy atom. The van der Waals surface area contributed by atoms with Crippen molar-refractivity contribution in [3.63, 3.8) is 0 Å². The van der Waals surface area contributed by atoms with Crippen molar-refractivity contribution < 1.29 is 50.8 Å². The maximum absolute atomic E-state index is 15.7. The van der Waals surface area contributed by atoms with E-state index in [1.54, 1.807) is 67.0 Å². The van der Waals surface area contributed by atoms with Crippen molar-refractivity contribution in [2.45, 2.75) is 0 Å². The van der Waals surface area contributed by atoms with Gasteiger partial charge in [-0.1, -0.05) is 132 Å². The fourth-order valence-corrected chi connectivity index (χ4v) is 9.35. The van der Waals surface area contributed by atoms with Crippen molar-refractivity contribution in [2.24, 2.45) is 0 Å². The third-order valence-corrected chi connectivity index (χ3v) is 13.1. The topological polar surface area (TPSA) is 38.7 Å². The van der Waals surface area contributed by atoms with Crippen molar-refractivity contribution in [1.29, 1.82) is 0 Å². The second-order valence-electron chi connectivity index (χ2n) is 18.3. The number of nitrogens with zero attached hydrogens (tertiary/aromatic N) is 3. The van der Waals surface area contributed by atoms with E-state index in [1.807, 2.05) is 66.7 Å². The van der Waals surface area contributed by atoms with Crippen LogP contribution < -0.4 is 0 Å². The summed E-state index contributed by atoms with van der Waals surface area (Å²) < 4.78 is 100. The molecule has 0 fully saturated rings. The molecule has 0 radical (unpaired) electrons. The Hall–Kier alpha value is -9.41. The van der Waals surface area contributed by atoms with E-state index in [0.29, 0.717) is 61.5 Å². The maximum Gasteiger partial charge on any atom is 3.00 e. The predicted octanol–water partition coefficient (Wildman–Crippen LogP) is 18.6. The second-order valence-corrected chi connectivity index (χ2v) is 18.3. The summed E-state index contributed by atoms with van der Waals surface area (Å²) >= 11 is 0. The largest absolute Gasteiger partial charge is 3.00 e. The average Bonchev–Trinajstić information content (AvgIpc) is 3.68. The molecule has 3 heterocycles. The van der Waals surface area contributed by atoms with Gasteiger partial charge >= 0.3 is 20.1 Å². The van der Waals surface area contributed by atoms with E-state index in [1.165, 1.54) is 42.6 Å². The summed E-state index contributed by atoms with van der Waals surface area (Å²) in [5, 5.41) is 0. The van der Waals surface area contributed by atoms with E-state index in [-0.39, 0.29) is 36.9 Å². The van der Waals surface area contributed by atoms with Gasteiger partial charge in [0.1, 0.15) is 17.5 Å². The first kappa shape index (κ1) is 54.0. The van der Waals surface area contributed by atoms with Gasteiger partial charge in [-0.05, 0) is 150 Å². The molecule has 0 atom stereocenters. The van der Waals surface area contributed by atoms with E-state index in [0.717, 1.165) is 57.6 Å². The van der Waals surface area contributed by atoms with Gasteiger partial charge < -0.3 is 15.0 Å². The van der Waals surface area contributed by atoms with Crippen LogP contribution in [0.25, 0.3) is 112 Å². The number of hydrogen-bond acceptors (Lipinski definition) is 3. The van der Waals surface area contributed by atoms with E-state index in [9.17, 15) is 22.0 Å². The summed E-state index contributed by atoms with van der Waals surface area (Å²) in [4.78, 5) is 13.3. The van der Waals surface area contributed by atoms with Crippen LogP contribution in [0.1, 0.15) is 0 Å². The molecule has 3 nitrogen and oxygen atoms in total. The van der Waals surface area contributed by atoms with Crippen molar-refractivity contribution in [3.05, 3.63) is 296 Å². The minimum atomic E-state index is -0.805. The Bertz CT molecular complexity index is 4150. The number of benzene rings is 9. The van der Waals surface area contributed by atoms with Crippen LogP contribution >= 0.6 is 0 Å². The van der Waals surface area contributed by atoms with Crippen LogP contribution in [-0.4, -0.2) is 15.0 Å². The van der Waals surface area contributed by atoms with Gasteiger partial charge in [0.15, 0.2) is 0 Å². The third-order valence-electron chi connectivity index (χ3n) is 13.1. The van der Waals surface area contributed by atoms with Gasteiger partial charge in [0.25, 0.3) is 0 Å². The Morgan fingerprint density at radius 3 is 1.45 bits per heavy atom. The molecule has 388 valence electrons. The molecular formula is C69H39F7IrN3. The number of pyridine rings is 3. The summed E-state index contributed by atoms with van der Waals surface area (Å²) in [7, 11) is 0. The normalized spacial score (nSPS) is 10.8. The first-order valence-electron chi connectivity index (χ1n) is 24.8. The zero-order valence-electron chi connectivity index (χ0n) is 41.8. The van der Waals surface area contributed by atoms with Crippen molar-refractivity contribution >= 4 is 0 Å². The molecule has 9 aromatic carbocycles. The molecule has 0 amide bonds. The first-order chi connectivity index (χ1) is 38.5. The molecule has 0 saturated carbocycles. The average molecular weight is 1240 g/mol. The van der Waals surface area contributed by atoms with Gasteiger partial charge in [-0.3, -0.25) is 17.6 Å². The van der Waals surface area contributed by atoms with E-state index in [4.69, 9.17) is 4.98 Å². The molecule has 0 aliphatic carbocycles. The van der Waals surface area contributed by atoms with E-state index in [2.05, 4.69) is 64.6 Å². The summed E-state index contributed by atoms with van der Waals surface area (Å²) in [5.74, 6) is -4.28. The minimum absolute atomic E-state index is 0. The summed E-state index contributed by atoms with van der Waals surface area (Å²) in [6, 6.07) is 69.2. The molecule has 12 aromatic rings. The van der Waals surface area contributed by atoms with Crippen LogP contribution in [0.2, 0.25) is 0 Å². The SMILES string of the molecule is Fc1c[c-]c(-c2ccccn2)c(F)c1.Fc1cccc(-c2cc(-c3cc(F)ccc3-c3ccc(-c4[c-]cc(F)cc4F)nc3)cc(-c3cc(F)ccc3-c3cnc(-c4[c-]cccc4)cc3-c3ccc(-c4ccccc4)cc3)c2)c1.[Ir+3]. The van der Waals surface area contributed by atoms with Crippen LogP contribution in [0.15, 0.2) is 237 Å². The molecule has 0 unspecified atom stereocenters. The molecule has 0 aliphatic heterocycles. The fraction of sp³-hybridized carbons (Fsp3) is 0. The van der Waals surface area contributed by atoms with Gasteiger partial charge in [-0.2, -0.15) is 0 Å². The van der Waals surface area contributed by atoms with Gasteiger partial charge in [0, 0.05) is 47.4 Å². The van der Waals surface area contributed by atoms with Crippen LogP contribution in [0.3, 0.4) is 0 Å². The first-order valence-corrected chi connectivity index (χ1v) is 24.8. The number of halogens is 7. The predicted molar refractivity (Wildman–Crippen MR) is 297 cm³/mol. The molecule has 11 heteroatoms. The zero-order chi connectivity index (χ0) is 54.4. The zero-order valence-corrected chi connectivity index (χ0v) is 44.2. The maximum atomic E-state index is 15.7. The molecule has 0 saturated heterocycles. The van der Waals surface area contributed by atoms with Crippen LogP contribution in [0.4, 0.5) is 30.7 Å². The van der Waals surface area contributed by atoms with E-state index < -0.39 is 40.7 Å². The molecule has 0 N–H and O–H groups in total. The summed E-state index contributed by atoms with van der Waals surface area (Å²) in [6.07, 6.45) is 4.87. The molecule has 0 spiro atoms. The molecule has 12 rings (SSSR count). The second kappa shape index (κ2) is 24.1. The molecule has 80 heavy (non-hydrogen) atoms. The summed E-state index contributed by atoms with van der Waals surface area (Å²) in [5.41, 5.74) is 12.1. The molecule has 0 bridgehead atoms. The van der Waals surface area contributed by atoms with E-state index >= 15 is 8.78 Å². The Morgan fingerprint density at radius 1 is 0.287 bits per heavy atom. The van der Waals surface area contributed by atoms with Crippen molar-refractivity contribution in [2.75, 3.05) is 0 Å². The number of aromatic nitrogens is 3. The molecular weight excluding hydrogens is 1200 g/mol. The third kappa shape index (κ3) is 12.0. The van der Waals surface area contributed by atoms with Crippen LogP contribution in [0, 0.1) is 58.9 Å². The molecule has 0 aliphatic rings. The fourth-order valence-electron chi connectivity index (χ4n) is 9.35. The van der Waals surface area contributed by atoms with Gasteiger partial charge in [0.2, 0.25) is 0 Å². The Kier molecular flexibility index (Phi) is 16.2. The number of rotatable bonds is 10. The van der Waals surface area contributed by atoms with Crippen LogP contribution in [0.5, 0.6) is 0 Å². The minimum Gasteiger partial charge on any atom is -0.305 e. The summed E-state index contributed by atoms with van der Waals surface area (Å²) in [6.45, 7) is 0. The smallest absolute Gasteiger partial charge is 0.305 e. The molecule has 3 aromatic heterocycles. The Balaban J connectivity index is 0.000000418. The van der Waals surface area contributed by atoms with Crippen LogP contribution in [-0.2, 0) is 20.1 Å². The van der Waals surface area contributed by atoms with Gasteiger partial charge in [-0.15, -0.1) is 60.2 Å². The quantitative estimate of drug-likeness (QED) is 0.101. The Labute approximate surface area is 470 Å². The number of hydrogen-bond donors (Lipinski definition) is 0.